The summed E-state index contributed by atoms with van der Waals surface area (Å²) in [5.74, 6) is 0.146. The van der Waals surface area contributed by atoms with E-state index in [4.69, 9.17) is 0 Å². The molecule has 0 atom stereocenters. The maximum absolute atomic E-state index is 12.9. The molecule has 1 fully saturated rings. The van der Waals surface area contributed by atoms with E-state index in [0.29, 0.717) is 16.6 Å². The Balaban J connectivity index is 1.43. The van der Waals surface area contributed by atoms with Crippen molar-refractivity contribution in [2.45, 2.75) is 56.4 Å². The lowest BCUT2D eigenvalue weighted by Gasteiger charge is -2.23. The zero-order chi connectivity index (χ0) is 23.6. The van der Waals surface area contributed by atoms with Gasteiger partial charge in [-0.25, -0.2) is 13.4 Å². The maximum Gasteiger partial charge on any atom is 0.257 e. The summed E-state index contributed by atoms with van der Waals surface area (Å²) in [5.41, 5.74) is 3.46. The van der Waals surface area contributed by atoms with Crippen LogP contribution in [0.5, 0.6) is 0 Å². The van der Waals surface area contributed by atoms with E-state index >= 15 is 0 Å². The van der Waals surface area contributed by atoms with Gasteiger partial charge in [0.25, 0.3) is 5.91 Å². The number of rotatable bonds is 7. The Morgan fingerprint density at radius 2 is 1.70 bits per heavy atom. The fourth-order valence-corrected chi connectivity index (χ4v) is 6.21. The molecule has 1 N–H and O–H groups in total. The first-order valence-electron chi connectivity index (χ1n) is 11.2. The van der Waals surface area contributed by atoms with Crippen LogP contribution in [0.4, 0.5) is 5.13 Å². The molecule has 1 aliphatic rings. The van der Waals surface area contributed by atoms with Gasteiger partial charge in [-0.1, -0.05) is 51.0 Å². The van der Waals surface area contributed by atoms with Crippen molar-refractivity contribution in [3.05, 3.63) is 65.0 Å². The summed E-state index contributed by atoms with van der Waals surface area (Å²) in [7, 11) is -1.93. The highest BCUT2D eigenvalue weighted by Crippen LogP contribution is 2.28. The lowest BCUT2D eigenvalue weighted by atomic mass is 10.0. The largest absolute Gasteiger partial charge is 0.298 e. The molecule has 4 rings (SSSR count). The van der Waals surface area contributed by atoms with Gasteiger partial charge in [-0.2, -0.15) is 4.31 Å². The van der Waals surface area contributed by atoms with E-state index in [2.05, 4.69) is 36.3 Å². The smallest absolute Gasteiger partial charge is 0.257 e. The molecule has 1 saturated carbocycles. The van der Waals surface area contributed by atoms with E-state index in [1.54, 1.807) is 19.2 Å². The predicted octanol–water partition coefficient (Wildman–Crippen LogP) is 5.75. The lowest BCUT2D eigenvalue weighted by Crippen LogP contribution is -2.35. The number of carbonyl (C=O) groups is 1. The van der Waals surface area contributed by atoms with E-state index in [-0.39, 0.29) is 16.8 Å². The van der Waals surface area contributed by atoms with Crippen molar-refractivity contribution >= 4 is 32.4 Å². The number of hydrogen-bond donors (Lipinski definition) is 1. The Hall–Kier alpha value is -2.55. The van der Waals surface area contributed by atoms with Crippen molar-refractivity contribution in [1.29, 1.82) is 0 Å². The van der Waals surface area contributed by atoms with E-state index in [1.165, 1.54) is 33.3 Å². The molecule has 1 heterocycles. The molecule has 0 spiro atoms. The highest BCUT2D eigenvalue weighted by atomic mass is 32.2. The SMILES string of the molecule is CC(C)c1ccc(-c2csc(NC(=O)c3ccc(S(=O)(=O)N(C)C4CCCC4)cc3)n2)cc1. The molecule has 3 aromatic rings. The molecule has 1 aliphatic carbocycles. The Morgan fingerprint density at radius 1 is 1.06 bits per heavy atom. The Kier molecular flexibility index (Phi) is 6.97. The molecule has 1 amide bonds. The second-order valence-electron chi connectivity index (χ2n) is 8.75. The number of nitrogens with zero attached hydrogens (tertiary/aromatic N) is 2. The number of nitrogens with one attached hydrogen (secondary N) is 1. The lowest BCUT2D eigenvalue weighted by molar-refractivity contribution is 0.102. The molecule has 0 bridgehead atoms. The monoisotopic (exact) mass is 483 g/mol. The normalized spacial score (nSPS) is 14.8. The highest BCUT2D eigenvalue weighted by Gasteiger charge is 2.30. The molecule has 6 nitrogen and oxygen atoms in total. The fraction of sp³-hybridized carbons (Fsp3) is 0.360. The van der Waals surface area contributed by atoms with Crippen LogP contribution in [0.3, 0.4) is 0 Å². The van der Waals surface area contributed by atoms with Crippen molar-refractivity contribution in [2.24, 2.45) is 0 Å². The fourth-order valence-electron chi connectivity index (χ4n) is 4.08. The van der Waals surface area contributed by atoms with Crippen molar-refractivity contribution in [3.63, 3.8) is 0 Å². The Morgan fingerprint density at radius 3 is 2.30 bits per heavy atom. The highest BCUT2D eigenvalue weighted by molar-refractivity contribution is 7.89. The van der Waals surface area contributed by atoms with Crippen molar-refractivity contribution in [2.75, 3.05) is 12.4 Å². The second-order valence-corrected chi connectivity index (χ2v) is 11.6. The van der Waals surface area contributed by atoms with Gasteiger partial charge in [0, 0.05) is 29.6 Å². The zero-order valence-corrected chi connectivity index (χ0v) is 20.7. The standard InChI is InChI=1S/C25H29N3O3S2/c1-17(2)18-8-10-19(11-9-18)23-16-32-25(26-23)27-24(29)20-12-14-22(15-13-20)33(30,31)28(3)21-6-4-5-7-21/h8-17,21H,4-7H2,1-3H3,(H,26,27,29). The van der Waals surface area contributed by atoms with Crippen LogP contribution in [-0.4, -0.2) is 36.7 Å². The molecule has 8 heteroatoms. The summed E-state index contributed by atoms with van der Waals surface area (Å²) < 4.78 is 27.3. The van der Waals surface area contributed by atoms with Gasteiger partial charge >= 0.3 is 0 Å². The van der Waals surface area contributed by atoms with E-state index in [9.17, 15) is 13.2 Å². The van der Waals surface area contributed by atoms with E-state index < -0.39 is 10.0 Å². The number of aromatic nitrogens is 1. The first-order valence-corrected chi connectivity index (χ1v) is 13.5. The molecular formula is C25H29N3O3S2. The molecule has 0 unspecified atom stereocenters. The van der Waals surface area contributed by atoms with Gasteiger partial charge in [0.05, 0.1) is 10.6 Å². The van der Waals surface area contributed by atoms with E-state index in [1.807, 2.05) is 17.5 Å². The third-order valence-electron chi connectivity index (χ3n) is 6.23. The molecular weight excluding hydrogens is 454 g/mol. The molecule has 0 radical (unpaired) electrons. The van der Waals surface area contributed by atoms with Crippen LogP contribution in [-0.2, 0) is 10.0 Å². The maximum atomic E-state index is 12.9. The minimum absolute atomic E-state index is 0.0543. The quantitative estimate of drug-likeness (QED) is 0.464. The van der Waals surface area contributed by atoms with Crippen LogP contribution in [0.1, 0.15) is 61.4 Å². The average Bonchev–Trinajstić information content (AvgIpc) is 3.51. The number of benzene rings is 2. The van der Waals surface area contributed by atoms with Crippen LogP contribution in [0.15, 0.2) is 58.8 Å². The predicted molar refractivity (Wildman–Crippen MR) is 133 cm³/mol. The van der Waals surface area contributed by atoms with E-state index in [0.717, 1.165) is 36.9 Å². The van der Waals surface area contributed by atoms with Gasteiger partial charge in [0.1, 0.15) is 0 Å². The van der Waals surface area contributed by atoms with Gasteiger partial charge in [-0.3, -0.25) is 10.1 Å². The Bertz CT molecular complexity index is 1210. The summed E-state index contributed by atoms with van der Waals surface area (Å²) in [6, 6.07) is 14.4. The number of thiazole rings is 1. The summed E-state index contributed by atoms with van der Waals surface area (Å²) in [5, 5.41) is 5.22. The summed E-state index contributed by atoms with van der Waals surface area (Å²) in [6.45, 7) is 4.31. The average molecular weight is 484 g/mol. The second kappa shape index (κ2) is 9.75. The van der Waals surface area contributed by atoms with Gasteiger partial charge in [-0.05, 0) is 48.6 Å². The minimum Gasteiger partial charge on any atom is -0.298 e. The Labute approximate surface area is 199 Å². The molecule has 174 valence electrons. The van der Waals surface area contributed by atoms with Crippen LogP contribution in [0.25, 0.3) is 11.3 Å². The van der Waals surface area contributed by atoms with Crippen molar-refractivity contribution in [3.8, 4) is 11.3 Å². The number of anilines is 1. The van der Waals surface area contributed by atoms with Gasteiger partial charge in [0.2, 0.25) is 10.0 Å². The van der Waals surface area contributed by atoms with Gasteiger partial charge in [-0.15, -0.1) is 11.3 Å². The summed E-state index contributed by atoms with van der Waals surface area (Å²) in [6.07, 6.45) is 3.92. The summed E-state index contributed by atoms with van der Waals surface area (Å²) in [4.78, 5) is 17.4. The van der Waals surface area contributed by atoms with Crippen LogP contribution in [0, 0.1) is 0 Å². The first-order chi connectivity index (χ1) is 15.8. The third-order valence-corrected chi connectivity index (χ3v) is 8.91. The van der Waals surface area contributed by atoms with Crippen LogP contribution < -0.4 is 5.32 Å². The van der Waals surface area contributed by atoms with Gasteiger partial charge < -0.3 is 0 Å². The molecule has 0 aliphatic heterocycles. The minimum atomic E-state index is -3.57. The van der Waals surface area contributed by atoms with Crippen LogP contribution >= 0.6 is 11.3 Å². The molecule has 1 aromatic heterocycles. The number of sulfonamides is 1. The van der Waals surface area contributed by atoms with Crippen molar-refractivity contribution in [1.82, 2.24) is 9.29 Å². The third kappa shape index (κ3) is 5.18. The van der Waals surface area contributed by atoms with Crippen molar-refractivity contribution < 1.29 is 13.2 Å². The first kappa shape index (κ1) is 23.6. The number of carbonyl (C=O) groups excluding carboxylic acids is 1. The van der Waals surface area contributed by atoms with Crippen LogP contribution in [0.2, 0.25) is 0 Å². The molecule has 0 saturated heterocycles. The molecule has 2 aromatic carbocycles. The zero-order valence-electron chi connectivity index (χ0n) is 19.1. The number of hydrogen-bond acceptors (Lipinski definition) is 5. The van der Waals surface area contributed by atoms with Gasteiger partial charge in [0.15, 0.2) is 5.13 Å². The topological polar surface area (TPSA) is 79.4 Å². The number of amides is 1. The summed E-state index contributed by atoms with van der Waals surface area (Å²) >= 11 is 1.36. The molecule has 33 heavy (non-hydrogen) atoms.